The van der Waals surface area contributed by atoms with Crippen molar-refractivity contribution in [1.29, 1.82) is 0 Å². The van der Waals surface area contributed by atoms with Gasteiger partial charge in [0.1, 0.15) is 25.1 Å². The van der Waals surface area contributed by atoms with Crippen LogP contribution in [0.2, 0.25) is 0 Å². The lowest BCUT2D eigenvalue weighted by Gasteiger charge is -2.16. The molecule has 3 nitrogen and oxygen atoms in total. The van der Waals surface area contributed by atoms with Crippen LogP contribution in [0.1, 0.15) is 24.0 Å². The predicted octanol–water partition coefficient (Wildman–Crippen LogP) is 4.43. The Morgan fingerprint density at radius 1 is 0.917 bits per heavy atom. The minimum Gasteiger partial charge on any atom is -0.507 e. The van der Waals surface area contributed by atoms with E-state index in [1.807, 2.05) is 67.7 Å². The molecule has 122 valence electrons. The van der Waals surface area contributed by atoms with Crippen LogP contribution in [0.25, 0.3) is 11.5 Å². The van der Waals surface area contributed by atoms with E-state index in [0.29, 0.717) is 0 Å². The highest BCUT2D eigenvalue weighted by atomic mass is 16.3. The first-order valence-electron chi connectivity index (χ1n) is 8.19. The van der Waals surface area contributed by atoms with Crippen molar-refractivity contribution >= 4 is 17.2 Å². The molecule has 2 aromatic carbocycles. The van der Waals surface area contributed by atoms with Crippen molar-refractivity contribution in [3.63, 3.8) is 0 Å². The van der Waals surface area contributed by atoms with E-state index in [4.69, 9.17) is 0 Å². The van der Waals surface area contributed by atoms with Crippen molar-refractivity contribution in [1.82, 2.24) is 0 Å². The first-order valence-corrected chi connectivity index (χ1v) is 8.19. The SMILES string of the molecule is C[N+]1=C(/C=C(\O)c2ccccc2)/C(=C(\O)c2ccccc2)CCC1. The summed E-state index contributed by atoms with van der Waals surface area (Å²) in [7, 11) is 1.99. The van der Waals surface area contributed by atoms with Gasteiger partial charge in [0.25, 0.3) is 0 Å². The smallest absolute Gasteiger partial charge is 0.210 e. The summed E-state index contributed by atoms with van der Waals surface area (Å²) in [5.41, 5.74) is 3.30. The Balaban J connectivity index is 2.06. The van der Waals surface area contributed by atoms with Crippen LogP contribution in [0.4, 0.5) is 0 Å². The Kier molecular flexibility index (Phi) is 4.80. The van der Waals surface area contributed by atoms with Gasteiger partial charge >= 0.3 is 0 Å². The molecule has 1 aliphatic rings. The van der Waals surface area contributed by atoms with E-state index >= 15 is 0 Å². The summed E-state index contributed by atoms with van der Waals surface area (Å²) in [4.78, 5) is 0. The zero-order valence-corrected chi connectivity index (χ0v) is 13.8. The second-order valence-electron chi connectivity index (χ2n) is 6.00. The molecule has 0 aromatic heterocycles. The second kappa shape index (κ2) is 7.18. The number of nitrogens with zero attached hydrogens (tertiary/aromatic N) is 1. The maximum atomic E-state index is 10.7. The van der Waals surface area contributed by atoms with Gasteiger partial charge in [-0.3, -0.25) is 0 Å². The van der Waals surface area contributed by atoms with Gasteiger partial charge in [0.15, 0.2) is 0 Å². The number of rotatable bonds is 3. The van der Waals surface area contributed by atoms with Crippen molar-refractivity contribution in [2.75, 3.05) is 13.6 Å². The molecule has 0 amide bonds. The van der Waals surface area contributed by atoms with Gasteiger partial charge in [-0.1, -0.05) is 60.7 Å². The van der Waals surface area contributed by atoms with E-state index < -0.39 is 0 Å². The first-order chi connectivity index (χ1) is 11.7. The number of allylic oxidation sites excluding steroid dienone is 2. The molecular formula is C21H22NO2+. The summed E-state index contributed by atoms with van der Waals surface area (Å²) in [5, 5.41) is 21.2. The van der Waals surface area contributed by atoms with E-state index in [-0.39, 0.29) is 11.5 Å². The molecule has 2 N–H and O–H groups in total. The first kappa shape index (κ1) is 16.1. The molecule has 0 unspecified atom stereocenters. The molecule has 3 heteroatoms. The molecule has 0 aliphatic carbocycles. The lowest BCUT2D eigenvalue weighted by molar-refractivity contribution is -0.499. The van der Waals surface area contributed by atoms with Gasteiger partial charge in [0.05, 0.1) is 11.6 Å². The maximum Gasteiger partial charge on any atom is 0.210 e. The van der Waals surface area contributed by atoms with Gasteiger partial charge in [-0.25, -0.2) is 4.58 Å². The standard InChI is InChI=1S/C21H21NO2/c1-22-14-8-13-18(21(24)17-11-6-3-7-12-17)19(22)15-20(23)16-9-4-2-5-10-16/h2-7,9-12,15H,8,13-14H2,1H3,(H,23,24)/p+1. The summed E-state index contributed by atoms with van der Waals surface area (Å²) in [5.74, 6) is 0.493. The Labute approximate surface area is 142 Å². The Morgan fingerprint density at radius 2 is 1.50 bits per heavy atom. The Morgan fingerprint density at radius 3 is 2.12 bits per heavy atom. The van der Waals surface area contributed by atoms with Crippen LogP contribution in [-0.2, 0) is 0 Å². The molecule has 0 atom stereocenters. The van der Waals surface area contributed by atoms with Gasteiger partial charge in [-0.15, -0.1) is 0 Å². The van der Waals surface area contributed by atoms with Crippen molar-refractivity contribution in [2.45, 2.75) is 12.8 Å². The molecule has 0 bridgehead atoms. The van der Waals surface area contributed by atoms with E-state index in [2.05, 4.69) is 4.58 Å². The van der Waals surface area contributed by atoms with E-state index in [9.17, 15) is 10.2 Å². The Hall–Kier alpha value is -2.81. The van der Waals surface area contributed by atoms with Gasteiger partial charge in [-0.05, 0) is 6.42 Å². The van der Waals surface area contributed by atoms with Crippen molar-refractivity contribution in [3.8, 4) is 0 Å². The van der Waals surface area contributed by atoms with Gasteiger partial charge in [0.2, 0.25) is 5.71 Å². The summed E-state index contributed by atoms with van der Waals surface area (Å²) < 4.78 is 2.08. The fourth-order valence-electron chi connectivity index (χ4n) is 3.00. The van der Waals surface area contributed by atoms with Gasteiger partial charge in [0, 0.05) is 17.5 Å². The zero-order chi connectivity index (χ0) is 16.9. The molecule has 0 spiro atoms. The minimum atomic E-state index is 0.206. The van der Waals surface area contributed by atoms with Crippen LogP contribution in [0.15, 0.2) is 72.3 Å². The number of hydrogen-bond donors (Lipinski definition) is 2. The zero-order valence-electron chi connectivity index (χ0n) is 13.8. The molecule has 0 fully saturated rings. The molecule has 1 heterocycles. The van der Waals surface area contributed by atoms with Gasteiger partial charge in [-0.2, -0.15) is 0 Å². The number of aliphatic hydroxyl groups excluding tert-OH is 2. The molecule has 1 aliphatic heterocycles. The molecule has 0 radical (unpaired) electrons. The van der Waals surface area contributed by atoms with Crippen LogP contribution in [0, 0.1) is 0 Å². The normalized spacial score (nSPS) is 17.8. The Bertz CT molecular complexity index is 802. The van der Waals surface area contributed by atoms with E-state index in [0.717, 1.165) is 41.8 Å². The third-order valence-corrected chi connectivity index (χ3v) is 4.32. The fraction of sp³-hybridized carbons (Fsp3) is 0.190. The average molecular weight is 320 g/mol. The highest BCUT2D eigenvalue weighted by molar-refractivity contribution is 6.12. The monoisotopic (exact) mass is 320 g/mol. The molecule has 24 heavy (non-hydrogen) atoms. The van der Waals surface area contributed by atoms with E-state index in [1.54, 1.807) is 6.08 Å². The summed E-state index contributed by atoms with van der Waals surface area (Å²) in [6.07, 6.45) is 3.52. The van der Waals surface area contributed by atoms with Crippen LogP contribution >= 0.6 is 0 Å². The van der Waals surface area contributed by atoms with Gasteiger partial charge < -0.3 is 10.2 Å². The molecule has 0 saturated heterocycles. The quantitative estimate of drug-likeness (QED) is 0.649. The molecule has 0 saturated carbocycles. The number of aliphatic hydroxyl groups is 2. The number of hydrogen-bond acceptors (Lipinski definition) is 2. The van der Waals surface area contributed by atoms with Crippen LogP contribution in [0.5, 0.6) is 0 Å². The van der Waals surface area contributed by atoms with Crippen LogP contribution in [0.3, 0.4) is 0 Å². The topological polar surface area (TPSA) is 43.5 Å². The maximum absolute atomic E-state index is 10.7. The highest BCUT2D eigenvalue weighted by Crippen LogP contribution is 2.25. The third kappa shape index (κ3) is 3.40. The fourth-order valence-corrected chi connectivity index (χ4v) is 3.00. The van der Waals surface area contributed by atoms with Crippen LogP contribution < -0.4 is 0 Å². The lowest BCUT2D eigenvalue weighted by atomic mass is 9.95. The lowest BCUT2D eigenvalue weighted by Crippen LogP contribution is -2.25. The van der Waals surface area contributed by atoms with Crippen molar-refractivity contribution < 1.29 is 14.8 Å². The highest BCUT2D eigenvalue weighted by Gasteiger charge is 2.25. The summed E-state index contributed by atoms with van der Waals surface area (Å²) in [6.45, 7) is 0.902. The second-order valence-corrected chi connectivity index (χ2v) is 6.00. The molecular weight excluding hydrogens is 298 g/mol. The number of benzene rings is 2. The predicted molar refractivity (Wildman–Crippen MR) is 98.3 cm³/mol. The summed E-state index contributed by atoms with van der Waals surface area (Å²) >= 11 is 0. The van der Waals surface area contributed by atoms with Crippen molar-refractivity contribution in [2.24, 2.45) is 0 Å². The average Bonchev–Trinajstić information content (AvgIpc) is 2.64. The molecule has 3 rings (SSSR count). The van der Waals surface area contributed by atoms with E-state index in [1.165, 1.54) is 0 Å². The third-order valence-electron chi connectivity index (χ3n) is 4.32. The molecule has 2 aromatic rings. The summed E-state index contributed by atoms with van der Waals surface area (Å²) in [6, 6.07) is 19.0. The van der Waals surface area contributed by atoms with Crippen LogP contribution in [-0.4, -0.2) is 34.1 Å². The largest absolute Gasteiger partial charge is 0.507 e. The minimum absolute atomic E-state index is 0.206. The van der Waals surface area contributed by atoms with Crippen molar-refractivity contribution in [3.05, 3.63) is 83.4 Å².